The van der Waals surface area contributed by atoms with Gasteiger partial charge in [0.25, 0.3) is 0 Å². The highest BCUT2D eigenvalue weighted by Crippen LogP contribution is 2.33. The summed E-state index contributed by atoms with van der Waals surface area (Å²) in [5, 5.41) is 11.1. The normalized spacial score (nSPS) is 24.7. The number of likely N-dealkylation sites (tertiary alicyclic amines) is 1. The molecule has 5 nitrogen and oxygen atoms in total. The molecule has 1 fully saturated rings. The average Bonchev–Trinajstić information content (AvgIpc) is 3.31. The van der Waals surface area contributed by atoms with E-state index in [1.165, 1.54) is 0 Å². The first-order valence-electron chi connectivity index (χ1n) is 9.07. The lowest BCUT2D eigenvalue weighted by molar-refractivity contribution is -0.133. The fourth-order valence-electron chi connectivity index (χ4n) is 4.21. The van der Waals surface area contributed by atoms with Gasteiger partial charge in [0.1, 0.15) is 0 Å². The van der Waals surface area contributed by atoms with Gasteiger partial charge in [0.2, 0.25) is 5.91 Å². The summed E-state index contributed by atoms with van der Waals surface area (Å²) in [6.45, 7) is 2.45. The molecule has 1 aromatic heterocycles. The summed E-state index contributed by atoms with van der Waals surface area (Å²) in [6.07, 6.45) is 6.23. The van der Waals surface area contributed by atoms with E-state index in [0.717, 1.165) is 48.0 Å². The molecular formula is C20H25N3O2. The smallest absolute Gasteiger partial charge is 0.230 e. The Hall–Kier alpha value is -2.11. The van der Waals surface area contributed by atoms with Crippen LogP contribution in [0, 0.1) is 5.92 Å². The number of likely N-dealkylation sites (N-methyl/N-ethyl adjacent to an activating group) is 1. The van der Waals surface area contributed by atoms with E-state index in [2.05, 4.69) is 28.1 Å². The van der Waals surface area contributed by atoms with Crippen LogP contribution in [0.5, 0.6) is 0 Å². The van der Waals surface area contributed by atoms with E-state index in [1.54, 1.807) is 0 Å². The lowest BCUT2D eigenvalue weighted by atomic mass is 9.87. The van der Waals surface area contributed by atoms with E-state index in [-0.39, 0.29) is 24.5 Å². The number of aliphatic hydroxyl groups is 1. The number of nitrogens with one attached hydrogen (secondary N) is 1. The van der Waals surface area contributed by atoms with Crippen LogP contribution in [0.1, 0.15) is 18.4 Å². The molecule has 3 heterocycles. The molecule has 0 radical (unpaired) electrons. The second-order valence-electron chi connectivity index (χ2n) is 7.15. The fourth-order valence-corrected chi connectivity index (χ4v) is 4.21. The Balaban J connectivity index is 1.76. The van der Waals surface area contributed by atoms with Gasteiger partial charge in [-0.3, -0.25) is 9.69 Å². The molecule has 1 unspecified atom stereocenters. The summed E-state index contributed by atoms with van der Waals surface area (Å²) in [4.78, 5) is 20.3. The Morgan fingerprint density at radius 2 is 2.08 bits per heavy atom. The summed E-state index contributed by atoms with van der Waals surface area (Å²) in [5.41, 5.74) is 3.18. The summed E-state index contributed by atoms with van der Waals surface area (Å²) < 4.78 is 0. The molecule has 2 atom stereocenters. The molecule has 0 bridgehead atoms. The van der Waals surface area contributed by atoms with E-state index in [9.17, 15) is 9.90 Å². The Morgan fingerprint density at radius 1 is 1.28 bits per heavy atom. The summed E-state index contributed by atoms with van der Waals surface area (Å²) in [5.74, 6) is 0.0722. The highest BCUT2D eigenvalue weighted by atomic mass is 16.3. The number of fused-ring (bicyclic) bond motifs is 1. The third-order valence-corrected chi connectivity index (χ3v) is 5.56. The molecule has 0 spiro atoms. The highest BCUT2D eigenvalue weighted by molar-refractivity contribution is 5.94. The zero-order chi connectivity index (χ0) is 17.4. The Labute approximate surface area is 147 Å². The first-order valence-corrected chi connectivity index (χ1v) is 9.07. The van der Waals surface area contributed by atoms with Crippen molar-refractivity contribution in [2.24, 2.45) is 5.92 Å². The maximum Gasteiger partial charge on any atom is 0.230 e. The van der Waals surface area contributed by atoms with Gasteiger partial charge in [-0.05, 0) is 36.9 Å². The fraction of sp³-hybridized carbons (Fsp3) is 0.450. The van der Waals surface area contributed by atoms with Crippen LogP contribution >= 0.6 is 0 Å². The molecule has 2 aliphatic heterocycles. The minimum Gasteiger partial charge on any atom is -0.394 e. The van der Waals surface area contributed by atoms with Crippen LogP contribution < -0.4 is 0 Å². The van der Waals surface area contributed by atoms with Crippen LogP contribution in [0.15, 0.2) is 36.5 Å². The third-order valence-electron chi connectivity index (χ3n) is 5.56. The zero-order valence-electron chi connectivity index (χ0n) is 14.6. The van der Waals surface area contributed by atoms with Crippen LogP contribution in [-0.4, -0.2) is 65.1 Å². The SMILES string of the molecule is CN1CC(C(=O)N2CCCC2)C=C(c2cccc3cc[nH]c23)[C@H]1CO. The number of para-hydroxylation sites is 1. The zero-order valence-corrected chi connectivity index (χ0v) is 14.6. The van der Waals surface area contributed by atoms with Crippen molar-refractivity contribution in [2.75, 3.05) is 33.3 Å². The van der Waals surface area contributed by atoms with Crippen LogP contribution in [0.3, 0.4) is 0 Å². The molecule has 1 saturated heterocycles. The molecular weight excluding hydrogens is 314 g/mol. The number of amides is 1. The second-order valence-corrected chi connectivity index (χ2v) is 7.15. The van der Waals surface area contributed by atoms with Crippen molar-refractivity contribution >= 4 is 22.4 Å². The Bertz CT molecular complexity index is 804. The maximum absolute atomic E-state index is 12.9. The van der Waals surface area contributed by atoms with E-state index in [1.807, 2.05) is 30.3 Å². The average molecular weight is 339 g/mol. The molecule has 1 aromatic carbocycles. The quantitative estimate of drug-likeness (QED) is 0.900. The van der Waals surface area contributed by atoms with Crippen LogP contribution in [0.2, 0.25) is 0 Å². The molecule has 2 aliphatic rings. The number of aromatic amines is 1. The molecule has 2 N–H and O–H groups in total. The molecule has 25 heavy (non-hydrogen) atoms. The van der Waals surface area contributed by atoms with Crippen molar-refractivity contribution in [3.63, 3.8) is 0 Å². The van der Waals surface area contributed by atoms with Gasteiger partial charge in [-0.25, -0.2) is 0 Å². The molecule has 1 amide bonds. The lowest BCUT2D eigenvalue weighted by Crippen LogP contribution is -2.47. The van der Waals surface area contributed by atoms with Crippen molar-refractivity contribution in [3.05, 3.63) is 42.1 Å². The predicted molar refractivity (Wildman–Crippen MR) is 99.1 cm³/mol. The largest absolute Gasteiger partial charge is 0.394 e. The molecule has 5 heteroatoms. The van der Waals surface area contributed by atoms with Crippen LogP contribution in [0.25, 0.3) is 16.5 Å². The van der Waals surface area contributed by atoms with Crippen molar-refractivity contribution in [2.45, 2.75) is 18.9 Å². The first kappa shape index (κ1) is 16.4. The van der Waals surface area contributed by atoms with E-state index >= 15 is 0 Å². The minimum absolute atomic E-state index is 0.0457. The predicted octanol–water partition coefficient (Wildman–Crippen LogP) is 2.10. The van der Waals surface area contributed by atoms with Gasteiger partial charge >= 0.3 is 0 Å². The number of hydrogen-bond acceptors (Lipinski definition) is 3. The van der Waals surface area contributed by atoms with Gasteiger partial charge in [0, 0.05) is 31.4 Å². The van der Waals surface area contributed by atoms with Gasteiger partial charge < -0.3 is 15.0 Å². The monoisotopic (exact) mass is 339 g/mol. The number of aromatic nitrogens is 1. The number of carbonyl (C=O) groups is 1. The third kappa shape index (κ3) is 2.87. The van der Waals surface area contributed by atoms with Crippen LogP contribution in [-0.2, 0) is 4.79 Å². The van der Waals surface area contributed by atoms with Gasteiger partial charge in [0.05, 0.1) is 24.1 Å². The lowest BCUT2D eigenvalue weighted by Gasteiger charge is -2.37. The highest BCUT2D eigenvalue weighted by Gasteiger charge is 2.34. The Kier molecular flexibility index (Phi) is 4.36. The second kappa shape index (κ2) is 6.65. The van der Waals surface area contributed by atoms with Crippen molar-refractivity contribution < 1.29 is 9.90 Å². The number of rotatable bonds is 3. The van der Waals surface area contributed by atoms with Gasteiger partial charge in [-0.15, -0.1) is 0 Å². The molecule has 4 rings (SSSR count). The first-order chi connectivity index (χ1) is 12.2. The number of hydrogen-bond donors (Lipinski definition) is 2. The standard InChI is InChI=1S/C20H25N3O2/c1-22-12-15(20(25)23-9-2-3-10-23)11-17(18(22)13-24)16-6-4-5-14-7-8-21-19(14)16/h4-8,11,15,18,21,24H,2-3,9-10,12-13H2,1H3/t15?,18-/m1/s1. The number of benzene rings is 1. The molecule has 0 aliphatic carbocycles. The Morgan fingerprint density at radius 3 is 2.84 bits per heavy atom. The molecule has 0 saturated carbocycles. The number of aliphatic hydroxyl groups excluding tert-OH is 1. The van der Waals surface area contributed by atoms with E-state index in [4.69, 9.17) is 0 Å². The topological polar surface area (TPSA) is 59.6 Å². The maximum atomic E-state index is 12.9. The van der Waals surface area contributed by atoms with E-state index < -0.39 is 0 Å². The van der Waals surface area contributed by atoms with Gasteiger partial charge in [0.15, 0.2) is 0 Å². The number of carbonyl (C=O) groups excluding carboxylic acids is 1. The van der Waals surface area contributed by atoms with Gasteiger partial charge in [-0.1, -0.05) is 24.3 Å². The molecule has 132 valence electrons. The van der Waals surface area contributed by atoms with Crippen molar-refractivity contribution in [3.8, 4) is 0 Å². The number of nitrogens with zero attached hydrogens (tertiary/aromatic N) is 2. The molecule has 2 aromatic rings. The number of H-pyrrole nitrogens is 1. The van der Waals surface area contributed by atoms with Crippen LogP contribution in [0.4, 0.5) is 0 Å². The minimum atomic E-state index is -0.147. The van der Waals surface area contributed by atoms with Crippen molar-refractivity contribution in [1.82, 2.24) is 14.8 Å². The van der Waals surface area contributed by atoms with Gasteiger partial charge in [-0.2, -0.15) is 0 Å². The van der Waals surface area contributed by atoms with Crippen molar-refractivity contribution in [1.29, 1.82) is 0 Å². The summed E-state index contributed by atoms with van der Waals surface area (Å²) in [7, 11) is 1.99. The summed E-state index contributed by atoms with van der Waals surface area (Å²) >= 11 is 0. The summed E-state index contributed by atoms with van der Waals surface area (Å²) in [6, 6.07) is 8.14. The van der Waals surface area contributed by atoms with E-state index in [0.29, 0.717) is 6.54 Å².